The summed E-state index contributed by atoms with van der Waals surface area (Å²) < 4.78 is 21.2. The molecule has 0 aromatic heterocycles. The Bertz CT molecular complexity index is 651. The number of esters is 1. The molecule has 23 heavy (non-hydrogen) atoms. The molecule has 2 aromatic carbocycles. The third kappa shape index (κ3) is 3.94. The Morgan fingerprint density at radius 1 is 0.913 bits per heavy atom. The van der Waals surface area contributed by atoms with Gasteiger partial charge in [-0.25, -0.2) is 4.79 Å². The maximum Gasteiger partial charge on any atom is 0.338 e. The summed E-state index contributed by atoms with van der Waals surface area (Å²) in [5.41, 5.74) is 2.36. The molecule has 0 amide bonds. The van der Waals surface area contributed by atoms with Crippen LogP contribution in [0, 0.1) is 6.92 Å². The predicted octanol–water partition coefficient (Wildman–Crippen LogP) is 3.38. The zero-order chi connectivity index (χ0) is 16.8. The molecule has 0 radical (unpaired) electrons. The van der Waals surface area contributed by atoms with E-state index in [1.165, 1.54) is 7.11 Å². The monoisotopic (exact) mass is 316 g/mol. The van der Waals surface area contributed by atoms with Crippen LogP contribution in [0.2, 0.25) is 0 Å². The van der Waals surface area contributed by atoms with Crippen molar-refractivity contribution in [2.24, 2.45) is 0 Å². The third-order valence-corrected chi connectivity index (χ3v) is 3.38. The van der Waals surface area contributed by atoms with E-state index in [9.17, 15) is 4.79 Å². The molecule has 2 aromatic rings. The Kier molecular flexibility index (Phi) is 5.46. The van der Waals surface area contributed by atoms with E-state index >= 15 is 0 Å². The van der Waals surface area contributed by atoms with E-state index < -0.39 is 0 Å². The van der Waals surface area contributed by atoms with Crippen LogP contribution < -0.4 is 14.2 Å². The van der Waals surface area contributed by atoms with Gasteiger partial charge in [-0.05, 0) is 36.8 Å². The van der Waals surface area contributed by atoms with E-state index in [0.29, 0.717) is 22.8 Å². The minimum atomic E-state index is -0.376. The molecule has 122 valence electrons. The molecular formula is C18H20O5. The number of hydrogen-bond acceptors (Lipinski definition) is 5. The molecule has 0 bridgehead atoms. The summed E-state index contributed by atoms with van der Waals surface area (Å²) in [5.74, 6) is 1.17. The van der Waals surface area contributed by atoms with Crippen molar-refractivity contribution in [2.75, 3.05) is 21.3 Å². The maximum absolute atomic E-state index is 12.1. The molecule has 0 spiro atoms. The number of methoxy groups -OCH3 is 3. The summed E-state index contributed by atoms with van der Waals surface area (Å²) in [6.45, 7) is 2.08. The lowest BCUT2D eigenvalue weighted by Crippen LogP contribution is -2.06. The van der Waals surface area contributed by atoms with Crippen molar-refractivity contribution in [2.45, 2.75) is 13.5 Å². The normalized spacial score (nSPS) is 10.1. The minimum absolute atomic E-state index is 0.115. The Morgan fingerprint density at radius 3 is 1.96 bits per heavy atom. The molecule has 0 aliphatic carbocycles. The van der Waals surface area contributed by atoms with Gasteiger partial charge in [0.05, 0.1) is 26.9 Å². The largest absolute Gasteiger partial charge is 0.493 e. The molecule has 0 unspecified atom stereocenters. The van der Waals surface area contributed by atoms with Crippen LogP contribution in [0.25, 0.3) is 0 Å². The Morgan fingerprint density at radius 2 is 1.48 bits per heavy atom. The SMILES string of the molecule is COc1cc(COC(=O)c2ccc(C)cc2)cc(OC)c1OC. The molecule has 0 fully saturated rings. The predicted molar refractivity (Wildman–Crippen MR) is 86.4 cm³/mol. The van der Waals surface area contributed by atoms with E-state index in [4.69, 9.17) is 18.9 Å². The summed E-state index contributed by atoms with van der Waals surface area (Å²) in [4.78, 5) is 12.1. The summed E-state index contributed by atoms with van der Waals surface area (Å²) in [6.07, 6.45) is 0. The minimum Gasteiger partial charge on any atom is -0.493 e. The van der Waals surface area contributed by atoms with Gasteiger partial charge >= 0.3 is 5.97 Å². The van der Waals surface area contributed by atoms with Gasteiger partial charge in [0.25, 0.3) is 0 Å². The van der Waals surface area contributed by atoms with E-state index in [0.717, 1.165) is 11.1 Å². The lowest BCUT2D eigenvalue weighted by molar-refractivity contribution is 0.0472. The van der Waals surface area contributed by atoms with Crippen LogP contribution in [0.4, 0.5) is 0 Å². The first kappa shape index (κ1) is 16.7. The van der Waals surface area contributed by atoms with Gasteiger partial charge in [-0.15, -0.1) is 0 Å². The van der Waals surface area contributed by atoms with Gasteiger partial charge in [0, 0.05) is 0 Å². The van der Waals surface area contributed by atoms with Crippen molar-refractivity contribution < 1.29 is 23.7 Å². The summed E-state index contributed by atoms with van der Waals surface area (Å²) >= 11 is 0. The molecule has 2 rings (SSSR count). The molecule has 5 heteroatoms. The molecule has 0 aliphatic rings. The van der Waals surface area contributed by atoms with Crippen LogP contribution in [-0.4, -0.2) is 27.3 Å². The van der Waals surface area contributed by atoms with Gasteiger partial charge in [-0.1, -0.05) is 17.7 Å². The van der Waals surface area contributed by atoms with Crippen molar-refractivity contribution in [3.63, 3.8) is 0 Å². The maximum atomic E-state index is 12.1. The Balaban J connectivity index is 2.13. The Labute approximate surface area is 135 Å². The van der Waals surface area contributed by atoms with Crippen molar-refractivity contribution in [1.29, 1.82) is 0 Å². The second-order valence-corrected chi connectivity index (χ2v) is 4.98. The number of ether oxygens (including phenoxy) is 4. The summed E-state index contributed by atoms with van der Waals surface area (Å²) in [5, 5.41) is 0. The summed E-state index contributed by atoms with van der Waals surface area (Å²) in [6, 6.07) is 10.7. The number of carbonyl (C=O) groups excluding carboxylic acids is 1. The number of hydrogen-bond donors (Lipinski definition) is 0. The second-order valence-electron chi connectivity index (χ2n) is 4.98. The second kappa shape index (κ2) is 7.54. The van der Waals surface area contributed by atoms with Crippen LogP contribution in [0.1, 0.15) is 21.5 Å². The highest BCUT2D eigenvalue weighted by atomic mass is 16.5. The fraction of sp³-hybridized carbons (Fsp3) is 0.278. The van der Waals surface area contributed by atoms with Gasteiger partial charge in [-0.2, -0.15) is 0 Å². The topological polar surface area (TPSA) is 54.0 Å². The van der Waals surface area contributed by atoms with E-state index in [2.05, 4.69) is 0 Å². The van der Waals surface area contributed by atoms with Gasteiger partial charge < -0.3 is 18.9 Å². The summed E-state index contributed by atoms with van der Waals surface area (Å²) in [7, 11) is 4.62. The van der Waals surface area contributed by atoms with E-state index in [-0.39, 0.29) is 12.6 Å². The zero-order valence-electron chi connectivity index (χ0n) is 13.7. The molecular weight excluding hydrogens is 296 g/mol. The molecule has 0 atom stereocenters. The van der Waals surface area contributed by atoms with E-state index in [1.54, 1.807) is 38.5 Å². The van der Waals surface area contributed by atoms with Crippen molar-refractivity contribution in [3.05, 3.63) is 53.1 Å². The quantitative estimate of drug-likeness (QED) is 0.765. The van der Waals surface area contributed by atoms with Crippen LogP contribution in [0.15, 0.2) is 36.4 Å². The number of rotatable bonds is 6. The lowest BCUT2D eigenvalue weighted by Gasteiger charge is -2.14. The highest BCUT2D eigenvalue weighted by Crippen LogP contribution is 2.38. The van der Waals surface area contributed by atoms with Crippen LogP contribution in [-0.2, 0) is 11.3 Å². The van der Waals surface area contributed by atoms with Crippen molar-refractivity contribution >= 4 is 5.97 Å². The molecule has 0 N–H and O–H groups in total. The standard InChI is InChI=1S/C18H20O5/c1-12-5-7-14(8-6-12)18(19)23-11-13-9-15(20-2)17(22-4)16(10-13)21-3/h5-10H,11H2,1-4H3. The van der Waals surface area contributed by atoms with Crippen LogP contribution >= 0.6 is 0 Å². The molecule has 5 nitrogen and oxygen atoms in total. The molecule has 0 saturated heterocycles. The zero-order valence-corrected chi connectivity index (χ0v) is 13.7. The Hall–Kier alpha value is -2.69. The first-order valence-electron chi connectivity index (χ1n) is 7.11. The average Bonchev–Trinajstić information content (AvgIpc) is 2.59. The van der Waals surface area contributed by atoms with Gasteiger partial charge in [0.2, 0.25) is 5.75 Å². The van der Waals surface area contributed by atoms with Crippen molar-refractivity contribution in [3.8, 4) is 17.2 Å². The van der Waals surface area contributed by atoms with Crippen LogP contribution in [0.5, 0.6) is 17.2 Å². The lowest BCUT2D eigenvalue weighted by atomic mass is 10.1. The van der Waals surface area contributed by atoms with E-state index in [1.807, 2.05) is 19.1 Å². The van der Waals surface area contributed by atoms with Gasteiger partial charge in [0.15, 0.2) is 11.5 Å². The third-order valence-electron chi connectivity index (χ3n) is 3.38. The average molecular weight is 316 g/mol. The smallest absolute Gasteiger partial charge is 0.338 e. The molecule has 0 heterocycles. The first-order chi connectivity index (χ1) is 11.1. The van der Waals surface area contributed by atoms with Gasteiger partial charge in [0.1, 0.15) is 6.61 Å². The highest BCUT2D eigenvalue weighted by Gasteiger charge is 2.14. The fourth-order valence-corrected chi connectivity index (χ4v) is 2.14. The first-order valence-corrected chi connectivity index (χ1v) is 7.11. The highest BCUT2D eigenvalue weighted by molar-refractivity contribution is 5.89. The number of carbonyl (C=O) groups is 1. The molecule has 0 aliphatic heterocycles. The molecule has 0 saturated carbocycles. The number of aryl methyl sites for hydroxylation is 1. The van der Waals surface area contributed by atoms with Crippen molar-refractivity contribution in [1.82, 2.24) is 0 Å². The van der Waals surface area contributed by atoms with Crippen LogP contribution in [0.3, 0.4) is 0 Å². The number of benzene rings is 2. The fourth-order valence-electron chi connectivity index (χ4n) is 2.14. The van der Waals surface area contributed by atoms with Gasteiger partial charge in [-0.3, -0.25) is 0 Å².